The largest absolute Gasteiger partial charge is 0.416 e. The van der Waals surface area contributed by atoms with E-state index in [0.717, 1.165) is 23.9 Å². The van der Waals surface area contributed by atoms with Gasteiger partial charge in [-0.1, -0.05) is 24.3 Å². The van der Waals surface area contributed by atoms with Gasteiger partial charge in [-0.15, -0.1) is 0 Å². The van der Waals surface area contributed by atoms with Gasteiger partial charge in [-0.2, -0.15) is 13.2 Å². The number of rotatable bonds is 4. The van der Waals surface area contributed by atoms with Crippen LogP contribution in [0.1, 0.15) is 27.0 Å². The van der Waals surface area contributed by atoms with Gasteiger partial charge in [0.25, 0.3) is 17.1 Å². The molecular formula is C20H15F3N2O3S. The molecule has 3 rings (SSSR count). The molecule has 0 saturated carbocycles. The molecule has 0 aromatic heterocycles. The molecule has 0 aliphatic carbocycles. The summed E-state index contributed by atoms with van der Waals surface area (Å²) in [5.74, 6) is -0.760. The van der Waals surface area contributed by atoms with E-state index in [1.165, 1.54) is 17.0 Å². The van der Waals surface area contributed by atoms with E-state index in [2.05, 4.69) is 5.32 Å². The maximum atomic E-state index is 12.6. The van der Waals surface area contributed by atoms with Gasteiger partial charge in [0.2, 0.25) is 0 Å². The molecule has 9 heteroatoms. The first kappa shape index (κ1) is 20.7. The highest BCUT2D eigenvalue weighted by atomic mass is 32.2. The van der Waals surface area contributed by atoms with Crippen molar-refractivity contribution in [1.29, 1.82) is 0 Å². The van der Waals surface area contributed by atoms with E-state index in [0.29, 0.717) is 16.7 Å². The lowest BCUT2D eigenvalue weighted by Crippen LogP contribution is -2.26. The minimum absolute atomic E-state index is 0.154. The van der Waals surface area contributed by atoms with Crippen molar-refractivity contribution < 1.29 is 27.6 Å². The summed E-state index contributed by atoms with van der Waals surface area (Å²) in [6.45, 7) is 0.154. The summed E-state index contributed by atoms with van der Waals surface area (Å²) >= 11 is 0.804. The van der Waals surface area contributed by atoms with Crippen LogP contribution in [-0.4, -0.2) is 29.0 Å². The number of amides is 3. The van der Waals surface area contributed by atoms with Crippen molar-refractivity contribution in [3.05, 3.63) is 75.7 Å². The molecule has 1 aliphatic heterocycles. The predicted octanol–water partition coefficient (Wildman–Crippen LogP) is 4.30. The minimum atomic E-state index is -4.40. The normalized spacial score (nSPS) is 15.5. The predicted molar refractivity (Wildman–Crippen MR) is 103 cm³/mol. The molecule has 150 valence electrons. The van der Waals surface area contributed by atoms with Gasteiger partial charge in [-0.3, -0.25) is 19.7 Å². The number of imide groups is 1. The van der Waals surface area contributed by atoms with E-state index in [1.807, 2.05) is 0 Å². The average molecular weight is 420 g/mol. The minimum Gasteiger partial charge on any atom is -0.337 e. The van der Waals surface area contributed by atoms with E-state index in [1.54, 1.807) is 37.4 Å². The fraction of sp³-hybridized carbons (Fsp3) is 0.150. The molecule has 1 fully saturated rings. The lowest BCUT2D eigenvalue weighted by molar-refractivity contribution is -0.137. The lowest BCUT2D eigenvalue weighted by Gasteiger charge is -2.18. The summed E-state index contributed by atoms with van der Waals surface area (Å²) in [7, 11) is 1.56. The van der Waals surface area contributed by atoms with Gasteiger partial charge >= 0.3 is 6.18 Å². The van der Waals surface area contributed by atoms with Crippen LogP contribution in [-0.2, 0) is 17.5 Å². The average Bonchev–Trinajstić information content (AvgIpc) is 2.98. The molecule has 3 amide bonds. The molecular weight excluding hydrogens is 405 g/mol. The molecule has 0 atom stereocenters. The van der Waals surface area contributed by atoms with Crippen LogP contribution in [0.15, 0.2) is 53.4 Å². The van der Waals surface area contributed by atoms with Gasteiger partial charge in [0, 0.05) is 19.2 Å². The molecule has 0 radical (unpaired) electrons. The first-order valence-corrected chi connectivity index (χ1v) is 9.21. The van der Waals surface area contributed by atoms with E-state index >= 15 is 0 Å². The van der Waals surface area contributed by atoms with Crippen LogP contribution in [0, 0.1) is 0 Å². The molecule has 0 spiro atoms. The Labute approximate surface area is 168 Å². The number of nitrogens with one attached hydrogen (secondary N) is 1. The zero-order chi connectivity index (χ0) is 21.2. The van der Waals surface area contributed by atoms with Crippen molar-refractivity contribution >= 4 is 34.9 Å². The van der Waals surface area contributed by atoms with Gasteiger partial charge in [0.15, 0.2) is 0 Å². The second kappa shape index (κ2) is 8.12. The second-order valence-corrected chi connectivity index (χ2v) is 7.34. The van der Waals surface area contributed by atoms with Crippen molar-refractivity contribution in [2.45, 2.75) is 12.7 Å². The zero-order valence-corrected chi connectivity index (χ0v) is 15.9. The summed E-state index contributed by atoms with van der Waals surface area (Å²) in [5.41, 5.74) is 0.875. The molecule has 0 unspecified atom stereocenters. The van der Waals surface area contributed by atoms with Crippen molar-refractivity contribution in [2.24, 2.45) is 0 Å². The number of nitrogens with zero attached hydrogens (tertiary/aromatic N) is 1. The van der Waals surface area contributed by atoms with Crippen molar-refractivity contribution in [3.63, 3.8) is 0 Å². The summed E-state index contributed by atoms with van der Waals surface area (Å²) in [6.07, 6.45) is -2.85. The first-order valence-electron chi connectivity index (χ1n) is 8.40. The highest BCUT2D eigenvalue weighted by Crippen LogP contribution is 2.29. The number of alkyl halides is 3. The third kappa shape index (κ3) is 5.05. The maximum absolute atomic E-state index is 12.6. The monoisotopic (exact) mass is 420 g/mol. The molecule has 2 aromatic carbocycles. The van der Waals surface area contributed by atoms with Crippen LogP contribution in [0.3, 0.4) is 0 Å². The van der Waals surface area contributed by atoms with Crippen LogP contribution in [0.25, 0.3) is 6.08 Å². The Morgan fingerprint density at radius 1 is 1.07 bits per heavy atom. The molecule has 1 saturated heterocycles. The molecule has 1 N–H and O–H groups in total. The number of hydrogen-bond acceptors (Lipinski definition) is 4. The third-order valence-electron chi connectivity index (χ3n) is 4.15. The van der Waals surface area contributed by atoms with Crippen molar-refractivity contribution in [2.75, 3.05) is 7.05 Å². The van der Waals surface area contributed by atoms with Crippen molar-refractivity contribution in [3.8, 4) is 0 Å². The number of carbonyl (C=O) groups is 3. The summed E-state index contributed by atoms with van der Waals surface area (Å²) < 4.78 is 37.9. The summed E-state index contributed by atoms with van der Waals surface area (Å²) in [5, 5.41) is 1.73. The Kier molecular flexibility index (Phi) is 5.78. The number of halogens is 3. The summed E-state index contributed by atoms with van der Waals surface area (Å²) in [6, 6.07) is 11.1. The SMILES string of the molecule is CN(Cc1ccc(C(F)(F)F)cc1)C(=O)c1ccc(C=C2SC(=O)NC2=O)cc1. The van der Waals surface area contributed by atoms with E-state index in [9.17, 15) is 27.6 Å². The third-order valence-corrected chi connectivity index (χ3v) is 4.96. The van der Waals surface area contributed by atoms with Crippen LogP contribution in [0.5, 0.6) is 0 Å². The highest BCUT2D eigenvalue weighted by molar-refractivity contribution is 8.18. The fourth-order valence-electron chi connectivity index (χ4n) is 2.66. The Hall–Kier alpha value is -3.07. The molecule has 1 heterocycles. The van der Waals surface area contributed by atoms with E-state index in [4.69, 9.17) is 0 Å². The molecule has 29 heavy (non-hydrogen) atoms. The second-order valence-electron chi connectivity index (χ2n) is 6.33. The van der Waals surface area contributed by atoms with Gasteiger partial charge in [-0.25, -0.2) is 0 Å². The molecule has 0 bridgehead atoms. The molecule has 5 nitrogen and oxygen atoms in total. The summed E-state index contributed by atoms with van der Waals surface area (Å²) in [4.78, 5) is 36.9. The van der Waals surface area contributed by atoms with Crippen LogP contribution < -0.4 is 5.32 Å². The van der Waals surface area contributed by atoms with Gasteiger partial charge in [0.1, 0.15) is 0 Å². The van der Waals surface area contributed by atoms with Gasteiger partial charge in [-0.05, 0) is 53.2 Å². The standard InChI is InChI=1S/C20H15F3N2O3S/c1-25(11-13-4-8-15(9-5-13)20(21,22)23)18(27)14-6-2-12(3-7-14)10-16-17(26)24-19(28)29-16/h2-10H,11H2,1H3,(H,24,26,28). The van der Waals surface area contributed by atoms with Crippen LogP contribution in [0.4, 0.5) is 18.0 Å². The number of benzene rings is 2. The first-order chi connectivity index (χ1) is 13.6. The van der Waals surface area contributed by atoms with Crippen LogP contribution >= 0.6 is 11.8 Å². The van der Waals surface area contributed by atoms with E-state index < -0.39 is 22.9 Å². The van der Waals surface area contributed by atoms with Gasteiger partial charge in [0.05, 0.1) is 10.5 Å². The topological polar surface area (TPSA) is 66.5 Å². The zero-order valence-electron chi connectivity index (χ0n) is 15.1. The van der Waals surface area contributed by atoms with Crippen molar-refractivity contribution in [1.82, 2.24) is 10.2 Å². The Morgan fingerprint density at radius 3 is 2.21 bits per heavy atom. The van der Waals surface area contributed by atoms with Gasteiger partial charge < -0.3 is 4.90 Å². The molecule has 2 aromatic rings. The van der Waals surface area contributed by atoms with Crippen LogP contribution in [0.2, 0.25) is 0 Å². The Bertz CT molecular complexity index is 984. The number of carbonyl (C=O) groups excluding carboxylic acids is 3. The Balaban J connectivity index is 1.66. The highest BCUT2D eigenvalue weighted by Gasteiger charge is 2.30. The number of thioether (sulfide) groups is 1. The fourth-order valence-corrected chi connectivity index (χ4v) is 3.34. The Morgan fingerprint density at radius 2 is 1.69 bits per heavy atom. The quantitative estimate of drug-likeness (QED) is 0.749. The smallest absolute Gasteiger partial charge is 0.337 e. The lowest BCUT2D eigenvalue weighted by atomic mass is 10.1. The van der Waals surface area contributed by atoms with E-state index in [-0.39, 0.29) is 17.4 Å². The molecule has 1 aliphatic rings. The maximum Gasteiger partial charge on any atom is 0.416 e. The number of hydrogen-bond donors (Lipinski definition) is 1.